The summed E-state index contributed by atoms with van der Waals surface area (Å²) in [4.78, 5) is 29.3. The number of halogens is 1. The monoisotopic (exact) mass is 519 g/mol. The highest BCUT2D eigenvalue weighted by atomic mass is 35.5. The lowest BCUT2D eigenvalue weighted by Crippen LogP contribution is -2.31. The molecule has 0 spiro atoms. The van der Waals surface area contributed by atoms with Crippen LogP contribution < -0.4 is 4.80 Å². The first-order chi connectivity index (χ1) is 16.2. The van der Waals surface area contributed by atoms with Gasteiger partial charge in [0.25, 0.3) is 5.91 Å². The summed E-state index contributed by atoms with van der Waals surface area (Å²) in [7, 11) is -2.51. The molecule has 0 saturated carbocycles. The van der Waals surface area contributed by atoms with E-state index in [-0.39, 0.29) is 34.9 Å². The van der Waals surface area contributed by atoms with E-state index in [4.69, 9.17) is 16.3 Å². The van der Waals surface area contributed by atoms with Gasteiger partial charge < -0.3 is 9.30 Å². The summed E-state index contributed by atoms with van der Waals surface area (Å²) in [5, 5.41) is 0.510. The van der Waals surface area contributed by atoms with E-state index in [1.807, 2.05) is 0 Å². The van der Waals surface area contributed by atoms with Gasteiger partial charge in [0.05, 0.1) is 22.2 Å². The zero-order chi connectivity index (χ0) is 24.9. The lowest BCUT2D eigenvalue weighted by atomic mass is 10.2. The minimum atomic E-state index is -3.79. The largest absolute Gasteiger partial charge is 0.468 e. The van der Waals surface area contributed by atoms with Crippen LogP contribution in [0.3, 0.4) is 0 Å². The molecule has 8 nitrogen and oxygen atoms in total. The summed E-state index contributed by atoms with van der Waals surface area (Å²) in [6.45, 7) is 7.28. The molecule has 0 radical (unpaired) electrons. The number of esters is 1. The van der Waals surface area contributed by atoms with Crippen molar-refractivity contribution in [1.29, 1.82) is 0 Å². The molecule has 3 aromatic rings. The molecule has 1 heterocycles. The Labute approximate surface area is 206 Å². The standard InChI is InChI=1S/C23H22ClN3O5S2/c1-4-12-26(13-5-2)34(30,31)18-9-6-16(7-10-18)22(29)25-23-27(15-21(28)32-3)19-11-8-17(24)14-20(19)33-23/h4-11,14H,1-2,12-13,15H2,3H3. The zero-order valence-corrected chi connectivity index (χ0v) is 20.7. The molecule has 1 amide bonds. The van der Waals surface area contributed by atoms with Crippen LogP contribution in [0.4, 0.5) is 0 Å². The Hall–Kier alpha value is -3.05. The van der Waals surface area contributed by atoms with Crippen LogP contribution in [0.2, 0.25) is 5.02 Å². The number of aromatic nitrogens is 1. The van der Waals surface area contributed by atoms with Crippen molar-refractivity contribution in [3.05, 3.63) is 83.2 Å². The van der Waals surface area contributed by atoms with Gasteiger partial charge in [-0.25, -0.2) is 8.42 Å². The molecule has 0 aliphatic heterocycles. The van der Waals surface area contributed by atoms with E-state index in [0.717, 1.165) is 4.70 Å². The molecule has 2 aromatic carbocycles. The number of hydrogen-bond donors (Lipinski definition) is 0. The maximum atomic E-state index is 12.9. The molecule has 0 saturated heterocycles. The van der Waals surface area contributed by atoms with Gasteiger partial charge in [-0.1, -0.05) is 35.1 Å². The molecule has 3 rings (SSSR count). The van der Waals surface area contributed by atoms with Crippen molar-refractivity contribution in [2.45, 2.75) is 11.4 Å². The second-order valence-corrected chi connectivity index (χ2v) is 10.4. The third kappa shape index (κ3) is 5.53. The molecule has 11 heteroatoms. The summed E-state index contributed by atoms with van der Waals surface area (Å²) >= 11 is 7.27. The lowest BCUT2D eigenvalue weighted by molar-refractivity contribution is -0.141. The number of carbonyl (C=O) groups is 2. The molecule has 0 bridgehead atoms. The number of hydrogen-bond acceptors (Lipinski definition) is 6. The van der Waals surface area contributed by atoms with E-state index in [9.17, 15) is 18.0 Å². The lowest BCUT2D eigenvalue weighted by Gasteiger charge is -2.19. The molecular formula is C23H22ClN3O5S2. The van der Waals surface area contributed by atoms with Crippen molar-refractivity contribution in [3.8, 4) is 0 Å². The topological polar surface area (TPSA) is 98.0 Å². The molecule has 0 N–H and O–H groups in total. The highest BCUT2D eigenvalue weighted by Gasteiger charge is 2.22. The number of sulfonamides is 1. The molecule has 1 aromatic heterocycles. The number of amides is 1. The number of carbonyl (C=O) groups excluding carboxylic acids is 2. The summed E-state index contributed by atoms with van der Waals surface area (Å²) in [5.41, 5.74) is 0.871. The third-order valence-electron chi connectivity index (χ3n) is 4.76. The van der Waals surface area contributed by atoms with Crippen molar-refractivity contribution >= 4 is 55.1 Å². The van der Waals surface area contributed by atoms with Gasteiger partial charge in [0.1, 0.15) is 6.54 Å². The smallest absolute Gasteiger partial charge is 0.325 e. The van der Waals surface area contributed by atoms with Crippen molar-refractivity contribution in [2.75, 3.05) is 20.2 Å². The van der Waals surface area contributed by atoms with Crippen molar-refractivity contribution in [1.82, 2.24) is 8.87 Å². The Morgan fingerprint density at radius 2 is 1.79 bits per heavy atom. The van der Waals surface area contributed by atoms with Crippen LogP contribution in [0.1, 0.15) is 10.4 Å². The minimum absolute atomic E-state index is 0.0324. The van der Waals surface area contributed by atoms with Gasteiger partial charge in [-0.15, -0.1) is 13.2 Å². The van der Waals surface area contributed by atoms with E-state index in [1.54, 1.807) is 22.8 Å². The van der Waals surface area contributed by atoms with Crippen molar-refractivity contribution < 1.29 is 22.7 Å². The summed E-state index contributed by atoms with van der Waals surface area (Å²) in [6, 6.07) is 10.6. The number of benzene rings is 2. The second-order valence-electron chi connectivity index (χ2n) is 7.00. The summed E-state index contributed by atoms with van der Waals surface area (Å²) in [5.74, 6) is -1.09. The number of fused-ring (bicyclic) bond motifs is 1. The highest BCUT2D eigenvalue weighted by Crippen LogP contribution is 2.22. The number of ether oxygens (including phenoxy) is 1. The fraction of sp³-hybridized carbons (Fsp3) is 0.174. The SMILES string of the molecule is C=CCN(CC=C)S(=O)(=O)c1ccc(C(=O)N=c2sc3cc(Cl)ccc3n2CC(=O)OC)cc1. The van der Waals surface area contributed by atoms with Crippen LogP contribution in [0.5, 0.6) is 0 Å². The first-order valence-corrected chi connectivity index (χ1v) is 12.6. The molecule has 0 atom stereocenters. The second kappa shape index (κ2) is 10.9. The van der Waals surface area contributed by atoms with E-state index >= 15 is 0 Å². The van der Waals surface area contributed by atoms with E-state index in [1.165, 1.54) is 59.2 Å². The molecule has 178 valence electrons. The Bertz CT molecular complexity index is 1410. The highest BCUT2D eigenvalue weighted by molar-refractivity contribution is 7.89. The quantitative estimate of drug-likeness (QED) is 0.317. The molecule has 0 unspecified atom stereocenters. The molecular weight excluding hydrogens is 498 g/mol. The third-order valence-corrected chi connectivity index (χ3v) is 7.88. The van der Waals surface area contributed by atoms with Gasteiger partial charge >= 0.3 is 5.97 Å². The number of thiazole rings is 1. The molecule has 34 heavy (non-hydrogen) atoms. The van der Waals surface area contributed by atoms with Crippen LogP contribution in [0.25, 0.3) is 10.2 Å². The van der Waals surface area contributed by atoms with Crippen molar-refractivity contribution in [2.24, 2.45) is 4.99 Å². The van der Waals surface area contributed by atoms with E-state index in [0.29, 0.717) is 10.5 Å². The summed E-state index contributed by atoms with van der Waals surface area (Å²) in [6.07, 6.45) is 2.97. The van der Waals surface area contributed by atoms with Gasteiger partial charge in [-0.2, -0.15) is 9.30 Å². The van der Waals surface area contributed by atoms with Gasteiger partial charge in [-0.3, -0.25) is 9.59 Å². The molecule has 0 fully saturated rings. The normalized spacial score (nSPS) is 12.1. The maximum Gasteiger partial charge on any atom is 0.325 e. The fourth-order valence-electron chi connectivity index (χ4n) is 3.11. The van der Waals surface area contributed by atoms with Gasteiger partial charge in [-0.05, 0) is 42.5 Å². The van der Waals surface area contributed by atoms with E-state index < -0.39 is 21.9 Å². The average Bonchev–Trinajstić information content (AvgIpc) is 3.14. The van der Waals surface area contributed by atoms with E-state index in [2.05, 4.69) is 18.2 Å². The Balaban J connectivity index is 1.99. The predicted octanol–water partition coefficient (Wildman–Crippen LogP) is 3.63. The number of rotatable bonds is 9. The first kappa shape index (κ1) is 25.6. The van der Waals surface area contributed by atoms with Gasteiger partial charge in [0, 0.05) is 23.7 Å². The summed E-state index contributed by atoms with van der Waals surface area (Å²) < 4.78 is 34.0. The van der Waals surface area contributed by atoms with Crippen LogP contribution in [-0.2, 0) is 26.1 Å². The molecule has 0 aliphatic rings. The van der Waals surface area contributed by atoms with Gasteiger partial charge in [0.15, 0.2) is 4.80 Å². The Morgan fingerprint density at radius 1 is 1.15 bits per heavy atom. The minimum Gasteiger partial charge on any atom is -0.468 e. The maximum absolute atomic E-state index is 12.9. The fourth-order valence-corrected chi connectivity index (χ4v) is 5.79. The van der Waals surface area contributed by atoms with Crippen LogP contribution in [0, 0.1) is 0 Å². The molecule has 0 aliphatic carbocycles. The Kier molecular flexibility index (Phi) is 8.21. The predicted molar refractivity (Wildman–Crippen MR) is 132 cm³/mol. The van der Waals surface area contributed by atoms with Crippen molar-refractivity contribution in [3.63, 3.8) is 0 Å². The first-order valence-electron chi connectivity index (χ1n) is 9.98. The number of nitrogens with zero attached hydrogens (tertiary/aromatic N) is 3. The van der Waals surface area contributed by atoms with Crippen LogP contribution in [-0.4, -0.2) is 49.4 Å². The average molecular weight is 520 g/mol. The van der Waals surface area contributed by atoms with Crippen LogP contribution in [0.15, 0.2) is 77.7 Å². The number of methoxy groups -OCH3 is 1. The van der Waals surface area contributed by atoms with Crippen LogP contribution >= 0.6 is 22.9 Å². The van der Waals surface area contributed by atoms with Gasteiger partial charge in [0.2, 0.25) is 10.0 Å². The zero-order valence-electron chi connectivity index (χ0n) is 18.3. The Morgan fingerprint density at radius 3 is 2.38 bits per heavy atom.